The van der Waals surface area contributed by atoms with Gasteiger partial charge in [0.15, 0.2) is 0 Å². The van der Waals surface area contributed by atoms with E-state index in [1.807, 2.05) is 0 Å². The average Bonchev–Trinajstić information content (AvgIpc) is 2.15. The highest BCUT2D eigenvalue weighted by molar-refractivity contribution is 5.75. The second-order valence-corrected chi connectivity index (χ2v) is 4.05. The van der Waals surface area contributed by atoms with Crippen LogP contribution in [0.3, 0.4) is 0 Å². The molecule has 13 heavy (non-hydrogen) atoms. The normalized spacial score (nSPS) is 26.3. The molecule has 1 fully saturated rings. The Kier molecular flexibility index (Phi) is 4.20. The number of hydrogen-bond donors (Lipinski definition) is 0. The summed E-state index contributed by atoms with van der Waals surface area (Å²) in [6.07, 6.45) is 9.35. The van der Waals surface area contributed by atoms with Crippen molar-refractivity contribution < 1.29 is 4.79 Å². The maximum atomic E-state index is 10.9. The van der Waals surface area contributed by atoms with Crippen molar-refractivity contribution in [2.75, 3.05) is 0 Å². The molecule has 1 rings (SSSR count). The van der Waals surface area contributed by atoms with Crippen LogP contribution < -0.4 is 0 Å². The fourth-order valence-electron chi connectivity index (χ4n) is 2.20. The molecule has 1 unspecified atom stereocenters. The Balaban J connectivity index is 2.41. The summed E-state index contributed by atoms with van der Waals surface area (Å²) >= 11 is 0. The van der Waals surface area contributed by atoms with Crippen LogP contribution in [-0.2, 0) is 4.79 Å². The summed E-state index contributed by atoms with van der Waals surface area (Å²) in [4.78, 5) is 10.9. The van der Waals surface area contributed by atoms with Crippen LogP contribution in [0.4, 0.5) is 0 Å². The molecule has 0 aromatic carbocycles. The zero-order valence-corrected chi connectivity index (χ0v) is 8.81. The van der Waals surface area contributed by atoms with E-state index in [1.54, 1.807) is 12.5 Å². The summed E-state index contributed by atoms with van der Waals surface area (Å²) in [6.45, 7) is 3.82. The first kappa shape index (κ1) is 10.5. The molecule has 1 aliphatic carbocycles. The Labute approximate surface area is 81.2 Å². The first-order valence-corrected chi connectivity index (χ1v) is 5.38. The molecular formula is C12H20O. The van der Waals surface area contributed by atoms with E-state index in [-0.39, 0.29) is 0 Å². The molecule has 0 bridgehead atoms. The molecular weight excluding hydrogens is 160 g/mol. The minimum atomic E-state index is 0.334. The quantitative estimate of drug-likeness (QED) is 0.607. The predicted molar refractivity (Wildman–Crippen MR) is 55.6 cm³/mol. The Morgan fingerprint density at radius 2 is 2.31 bits per heavy atom. The van der Waals surface area contributed by atoms with Gasteiger partial charge in [-0.05, 0) is 45.4 Å². The second kappa shape index (κ2) is 5.21. The highest BCUT2D eigenvalue weighted by Crippen LogP contribution is 2.32. The van der Waals surface area contributed by atoms with Crippen LogP contribution in [0.15, 0.2) is 11.6 Å². The summed E-state index contributed by atoms with van der Waals surface area (Å²) in [5.74, 6) is 1.05. The van der Waals surface area contributed by atoms with Crippen molar-refractivity contribution in [3.63, 3.8) is 0 Å². The third kappa shape index (κ3) is 3.33. The maximum absolute atomic E-state index is 10.9. The smallest absolute Gasteiger partial charge is 0.129 e. The van der Waals surface area contributed by atoms with Crippen molar-refractivity contribution in [3.8, 4) is 0 Å². The van der Waals surface area contributed by atoms with Crippen molar-refractivity contribution in [3.05, 3.63) is 11.6 Å². The Hall–Kier alpha value is -0.590. The van der Waals surface area contributed by atoms with E-state index in [2.05, 4.69) is 13.0 Å². The standard InChI is InChI=1S/C12H20O/c1-3-11-6-4-5-7-12(11)9-8-10(2)13/h3,12H,4-9H2,1-2H3/b11-3-. The molecule has 0 amide bonds. The van der Waals surface area contributed by atoms with E-state index in [9.17, 15) is 4.79 Å². The fraction of sp³-hybridized carbons (Fsp3) is 0.750. The molecule has 0 aromatic heterocycles. The van der Waals surface area contributed by atoms with Crippen LogP contribution >= 0.6 is 0 Å². The molecule has 0 radical (unpaired) electrons. The van der Waals surface area contributed by atoms with Crippen molar-refractivity contribution in [1.82, 2.24) is 0 Å². The Morgan fingerprint density at radius 1 is 1.54 bits per heavy atom. The van der Waals surface area contributed by atoms with Gasteiger partial charge in [-0.25, -0.2) is 0 Å². The van der Waals surface area contributed by atoms with Crippen molar-refractivity contribution in [2.24, 2.45) is 5.92 Å². The number of allylic oxidation sites excluding steroid dienone is 2. The molecule has 74 valence electrons. The largest absolute Gasteiger partial charge is 0.300 e. The molecule has 0 spiro atoms. The molecule has 1 aliphatic rings. The van der Waals surface area contributed by atoms with Crippen molar-refractivity contribution in [2.45, 2.75) is 52.4 Å². The van der Waals surface area contributed by atoms with Crippen molar-refractivity contribution >= 4 is 5.78 Å². The predicted octanol–water partition coefficient (Wildman–Crippen LogP) is 3.49. The highest BCUT2D eigenvalue weighted by Gasteiger charge is 2.17. The second-order valence-electron chi connectivity index (χ2n) is 4.05. The molecule has 1 saturated carbocycles. The van der Waals surface area contributed by atoms with E-state index in [0.717, 1.165) is 12.8 Å². The lowest BCUT2D eigenvalue weighted by molar-refractivity contribution is -0.117. The molecule has 0 aromatic rings. The Morgan fingerprint density at radius 3 is 2.92 bits per heavy atom. The fourth-order valence-corrected chi connectivity index (χ4v) is 2.20. The molecule has 1 nitrogen and oxygen atoms in total. The zero-order chi connectivity index (χ0) is 9.68. The van der Waals surface area contributed by atoms with Gasteiger partial charge in [0.25, 0.3) is 0 Å². The Bertz CT molecular complexity index is 203. The number of carbonyl (C=O) groups excluding carboxylic acids is 1. The van der Waals surface area contributed by atoms with Gasteiger partial charge in [-0.1, -0.05) is 18.1 Å². The van der Waals surface area contributed by atoms with E-state index in [4.69, 9.17) is 0 Å². The summed E-state index contributed by atoms with van der Waals surface area (Å²) < 4.78 is 0. The number of rotatable bonds is 3. The van der Waals surface area contributed by atoms with Gasteiger partial charge in [-0.15, -0.1) is 0 Å². The highest BCUT2D eigenvalue weighted by atomic mass is 16.1. The van der Waals surface area contributed by atoms with E-state index < -0.39 is 0 Å². The third-order valence-electron chi connectivity index (χ3n) is 3.01. The monoisotopic (exact) mass is 180 g/mol. The summed E-state index contributed by atoms with van der Waals surface area (Å²) in [5.41, 5.74) is 1.59. The lowest BCUT2D eigenvalue weighted by atomic mass is 9.81. The topological polar surface area (TPSA) is 17.1 Å². The van der Waals surface area contributed by atoms with Gasteiger partial charge >= 0.3 is 0 Å². The summed E-state index contributed by atoms with van der Waals surface area (Å²) in [6, 6.07) is 0. The minimum Gasteiger partial charge on any atom is -0.300 e. The molecule has 1 heteroatoms. The minimum absolute atomic E-state index is 0.334. The van der Waals surface area contributed by atoms with Crippen LogP contribution in [0.5, 0.6) is 0 Å². The van der Waals surface area contributed by atoms with E-state index in [1.165, 1.54) is 25.7 Å². The van der Waals surface area contributed by atoms with Crippen LogP contribution in [-0.4, -0.2) is 5.78 Å². The van der Waals surface area contributed by atoms with Crippen LogP contribution in [0.25, 0.3) is 0 Å². The number of Topliss-reactive ketones (excluding diaryl/α,β-unsaturated/α-hetero) is 1. The SMILES string of the molecule is C/C=C1/CCCCC1CCC(C)=O. The third-order valence-corrected chi connectivity index (χ3v) is 3.01. The van der Waals surface area contributed by atoms with Crippen LogP contribution in [0.1, 0.15) is 52.4 Å². The molecule has 0 N–H and O–H groups in total. The van der Waals surface area contributed by atoms with Gasteiger partial charge in [0, 0.05) is 6.42 Å². The van der Waals surface area contributed by atoms with E-state index >= 15 is 0 Å². The number of hydrogen-bond acceptors (Lipinski definition) is 1. The lowest BCUT2D eigenvalue weighted by Gasteiger charge is -2.24. The van der Waals surface area contributed by atoms with Gasteiger partial charge in [0.1, 0.15) is 5.78 Å². The first-order chi connectivity index (χ1) is 6.24. The first-order valence-electron chi connectivity index (χ1n) is 5.38. The molecule has 1 atom stereocenters. The maximum Gasteiger partial charge on any atom is 0.129 e. The van der Waals surface area contributed by atoms with Gasteiger partial charge in [-0.2, -0.15) is 0 Å². The molecule has 0 saturated heterocycles. The van der Waals surface area contributed by atoms with Crippen LogP contribution in [0, 0.1) is 5.92 Å². The number of carbonyl (C=O) groups is 1. The lowest BCUT2D eigenvalue weighted by Crippen LogP contribution is -2.11. The van der Waals surface area contributed by atoms with Gasteiger partial charge in [-0.3, -0.25) is 0 Å². The molecule has 0 heterocycles. The number of ketones is 1. The average molecular weight is 180 g/mol. The molecule has 0 aliphatic heterocycles. The summed E-state index contributed by atoms with van der Waals surface area (Å²) in [7, 11) is 0. The summed E-state index contributed by atoms with van der Waals surface area (Å²) in [5, 5.41) is 0. The zero-order valence-electron chi connectivity index (χ0n) is 8.81. The van der Waals surface area contributed by atoms with Gasteiger partial charge in [0.2, 0.25) is 0 Å². The van der Waals surface area contributed by atoms with Crippen LogP contribution in [0.2, 0.25) is 0 Å². The van der Waals surface area contributed by atoms with Gasteiger partial charge in [0.05, 0.1) is 0 Å². The van der Waals surface area contributed by atoms with Gasteiger partial charge < -0.3 is 4.79 Å². The van der Waals surface area contributed by atoms with E-state index in [0.29, 0.717) is 11.7 Å². The van der Waals surface area contributed by atoms with Crippen molar-refractivity contribution in [1.29, 1.82) is 0 Å².